The maximum absolute atomic E-state index is 12.6. The standard InChI is InChI=1S/C18H19N5O2S/c1-2-22(12-14-6-4-3-5-7-14)17(25)13-26-18-19-20-21-23(18)15-8-10-16(24)11-9-15/h3-11,24H,2,12-13H2,1H3. The summed E-state index contributed by atoms with van der Waals surface area (Å²) in [5.41, 5.74) is 1.82. The van der Waals surface area contributed by atoms with E-state index in [-0.39, 0.29) is 17.4 Å². The summed E-state index contributed by atoms with van der Waals surface area (Å²) in [5, 5.41) is 21.5. The lowest BCUT2D eigenvalue weighted by Crippen LogP contribution is -2.31. The number of rotatable bonds is 7. The molecule has 0 bridgehead atoms. The van der Waals surface area contributed by atoms with Crippen molar-refractivity contribution in [1.82, 2.24) is 25.1 Å². The zero-order chi connectivity index (χ0) is 18.4. The Morgan fingerprint density at radius 3 is 2.58 bits per heavy atom. The summed E-state index contributed by atoms with van der Waals surface area (Å²) in [7, 11) is 0. The van der Waals surface area contributed by atoms with Crippen LogP contribution < -0.4 is 0 Å². The minimum absolute atomic E-state index is 0.0293. The van der Waals surface area contributed by atoms with Crippen LogP contribution in [0.25, 0.3) is 5.69 Å². The zero-order valence-corrected chi connectivity index (χ0v) is 15.1. The van der Waals surface area contributed by atoms with Gasteiger partial charge in [-0.25, -0.2) is 0 Å². The highest BCUT2D eigenvalue weighted by molar-refractivity contribution is 7.99. The first-order chi connectivity index (χ1) is 12.7. The fraction of sp³-hybridized carbons (Fsp3) is 0.222. The SMILES string of the molecule is CCN(Cc1ccccc1)C(=O)CSc1nnnn1-c1ccc(O)cc1. The lowest BCUT2D eigenvalue weighted by atomic mass is 10.2. The number of aromatic nitrogens is 4. The van der Waals surface area contributed by atoms with E-state index >= 15 is 0 Å². The van der Waals surface area contributed by atoms with Crippen LogP contribution in [0.1, 0.15) is 12.5 Å². The Balaban J connectivity index is 1.64. The molecule has 0 saturated heterocycles. The van der Waals surface area contributed by atoms with Gasteiger partial charge in [-0.1, -0.05) is 42.1 Å². The number of benzene rings is 2. The molecule has 0 fully saturated rings. The smallest absolute Gasteiger partial charge is 0.233 e. The number of hydrogen-bond acceptors (Lipinski definition) is 6. The zero-order valence-electron chi connectivity index (χ0n) is 14.3. The predicted octanol–water partition coefficient (Wildman–Crippen LogP) is 2.51. The third-order valence-electron chi connectivity index (χ3n) is 3.81. The first kappa shape index (κ1) is 17.9. The van der Waals surface area contributed by atoms with Crippen molar-refractivity contribution in [2.24, 2.45) is 0 Å². The highest BCUT2D eigenvalue weighted by atomic mass is 32.2. The normalized spacial score (nSPS) is 10.7. The molecule has 1 heterocycles. The number of hydrogen-bond donors (Lipinski definition) is 1. The van der Waals surface area contributed by atoms with Crippen molar-refractivity contribution < 1.29 is 9.90 Å². The van der Waals surface area contributed by atoms with Crippen LogP contribution in [0.2, 0.25) is 0 Å². The van der Waals surface area contributed by atoms with Crippen molar-refractivity contribution in [3.63, 3.8) is 0 Å². The Hall–Kier alpha value is -2.87. The monoisotopic (exact) mass is 369 g/mol. The molecule has 7 nitrogen and oxygen atoms in total. The van der Waals surface area contributed by atoms with Gasteiger partial charge in [0.15, 0.2) is 0 Å². The van der Waals surface area contributed by atoms with E-state index in [2.05, 4.69) is 15.5 Å². The van der Waals surface area contributed by atoms with Crippen molar-refractivity contribution in [1.29, 1.82) is 0 Å². The lowest BCUT2D eigenvalue weighted by molar-refractivity contribution is -0.128. The summed E-state index contributed by atoms with van der Waals surface area (Å²) in [5.74, 6) is 0.450. The maximum Gasteiger partial charge on any atom is 0.233 e. The van der Waals surface area contributed by atoms with Crippen LogP contribution >= 0.6 is 11.8 Å². The van der Waals surface area contributed by atoms with Gasteiger partial charge in [-0.05, 0) is 47.2 Å². The quantitative estimate of drug-likeness (QED) is 0.644. The Morgan fingerprint density at radius 2 is 1.88 bits per heavy atom. The summed E-state index contributed by atoms with van der Waals surface area (Å²) in [4.78, 5) is 14.4. The van der Waals surface area contributed by atoms with Gasteiger partial charge in [0.25, 0.3) is 0 Å². The molecular formula is C18H19N5O2S. The van der Waals surface area contributed by atoms with Gasteiger partial charge in [0.2, 0.25) is 11.1 Å². The van der Waals surface area contributed by atoms with E-state index in [1.54, 1.807) is 33.8 Å². The molecule has 0 aliphatic heterocycles. The third-order valence-corrected chi connectivity index (χ3v) is 4.71. The average molecular weight is 369 g/mol. The first-order valence-electron chi connectivity index (χ1n) is 8.19. The van der Waals surface area contributed by atoms with E-state index in [1.807, 2.05) is 37.3 Å². The molecule has 0 unspecified atom stereocenters. The second kappa shape index (κ2) is 8.48. The van der Waals surface area contributed by atoms with Gasteiger partial charge in [-0.3, -0.25) is 4.79 Å². The number of phenolic OH excluding ortho intramolecular Hbond substituents is 1. The van der Waals surface area contributed by atoms with E-state index in [1.165, 1.54) is 11.8 Å². The van der Waals surface area contributed by atoms with E-state index in [4.69, 9.17) is 0 Å². The fourth-order valence-electron chi connectivity index (χ4n) is 2.42. The summed E-state index contributed by atoms with van der Waals surface area (Å²) in [6, 6.07) is 16.5. The Morgan fingerprint density at radius 1 is 1.15 bits per heavy atom. The predicted molar refractivity (Wildman–Crippen MR) is 99.1 cm³/mol. The number of tetrazole rings is 1. The minimum Gasteiger partial charge on any atom is -0.508 e. The van der Waals surface area contributed by atoms with E-state index in [9.17, 15) is 9.90 Å². The third kappa shape index (κ3) is 4.40. The van der Waals surface area contributed by atoms with Crippen LogP contribution in [-0.4, -0.2) is 48.4 Å². The summed E-state index contributed by atoms with van der Waals surface area (Å²) < 4.78 is 1.55. The van der Waals surface area contributed by atoms with Gasteiger partial charge >= 0.3 is 0 Å². The second-order valence-electron chi connectivity index (χ2n) is 5.57. The molecule has 1 amide bonds. The molecule has 8 heteroatoms. The number of carbonyl (C=O) groups excluding carboxylic acids is 1. The molecule has 0 saturated carbocycles. The Kier molecular flexibility index (Phi) is 5.85. The van der Waals surface area contributed by atoms with Crippen molar-refractivity contribution in [2.45, 2.75) is 18.6 Å². The van der Waals surface area contributed by atoms with Crippen LogP contribution in [0.5, 0.6) is 5.75 Å². The topological polar surface area (TPSA) is 84.1 Å². The molecule has 3 rings (SSSR count). The Labute approximate surface area is 155 Å². The molecule has 1 aromatic heterocycles. The molecule has 0 spiro atoms. The summed E-state index contributed by atoms with van der Waals surface area (Å²) >= 11 is 1.29. The van der Waals surface area contributed by atoms with Crippen molar-refractivity contribution in [2.75, 3.05) is 12.3 Å². The van der Waals surface area contributed by atoms with Gasteiger partial charge in [-0.2, -0.15) is 4.68 Å². The largest absolute Gasteiger partial charge is 0.508 e. The van der Waals surface area contributed by atoms with Crippen molar-refractivity contribution in [3.8, 4) is 11.4 Å². The fourth-order valence-corrected chi connectivity index (χ4v) is 3.22. The van der Waals surface area contributed by atoms with Gasteiger partial charge in [0.05, 0.1) is 11.4 Å². The van der Waals surface area contributed by atoms with Crippen LogP contribution in [0.15, 0.2) is 59.8 Å². The molecule has 3 aromatic rings. The number of aromatic hydroxyl groups is 1. The van der Waals surface area contributed by atoms with Gasteiger partial charge in [0.1, 0.15) is 5.75 Å². The number of thioether (sulfide) groups is 1. The summed E-state index contributed by atoms with van der Waals surface area (Å²) in [6.45, 7) is 3.18. The molecule has 1 N–H and O–H groups in total. The molecule has 0 radical (unpaired) electrons. The molecule has 0 atom stereocenters. The average Bonchev–Trinajstić information content (AvgIpc) is 3.14. The molecule has 0 aliphatic rings. The molecule has 134 valence electrons. The maximum atomic E-state index is 12.6. The van der Waals surface area contributed by atoms with Crippen LogP contribution in [0.4, 0.5) is 0 Å². The van der Waals surface area contributed by atoms with Crippen LogP contribution in [0.3, 0.4) is 0 Å². The minimum atomic E-state index is 0.0293. The van der Waals surface area contributed by atoms with Crippen LogP contribution in [0, 0.1) is 0 Å². The molecular weight excluding hydrogens is 350 g/mol. The number of amides is 1. The highest BCUT2D eigenvalue weighted by Gasteiger charge is 2.16. The van der Waals surface area contributed by atoms with Crippen LogP contribution in [-0.2, 0) is 11.3 Å². The molecule has 2 aromatic carbocycles. The number of carbonyl (C=O) groups is 1. The van der Waals surface area contributed by atoms with E-state index in [0.717, 1.165) is 11.3 Å². The highest BCUT2D eigenvalue weighted by Crippen LogP contribution is 2.20. The Bertz CT molecular complexity index is 852. The lowest BCUT2D eigenvalue weighted by Gasteiger charge is -2.20. The van der Waals surface area contributed by atoms with Gasteiger partial charge in [0, 0.05) is 13.1 Å². The first-order valence-corrected chi connectivity index (χ1v) is 9.18. The van der Waals surface area contributed by atoms with E-state index < -0.39 is 0 Å². The van der Waals surface area contributed by atoms with E-state index in [0.29, 0.717) is 18.2 Å². The number of phenols is 1. The second-order valence-corrected chi connectivity index (χ2v) is 6.51. The van der Waals surface area contributed by atoms with Crippen molar-refractivity contribution >= 4 is 17.7 Å². The van der Waals surface area contributed by atoms with Gasteiger partial charge < -0.3 is 10.0 Å². The molecule has 26 heavy (non-hydrogen) atoms. The van der Waals surface area contributed by atoms with Gasteiger partial charge in [-0.15, -0.1) is 5.10 Å². The summed E-state index contributed by atoms with van der Waals surface area (Å²) in [6.07, 6.45) is 0. The molecule has 0 aliphatic carbocycles. The van der Waals surface area contributed by atoms with Crippen molar-refractivity contribution in [3.05, 3.63) is 60.2 Å². The number of nitrogens with zero attached hydrogens (tertiary/aromatic N) is 5.